The first-order valence-corrected chi connectivity index (χ1v) is 9.37. The van der Waals surface area contributed by atoms with E-state index in [1.165, 1.54) is 0 Å². The van der Waals surface area contributed by atoms with Crippen LogP contribution in [0.5, 0.6) is 0 Å². The number of amides is 2. The van der Waals surface area contributed by atoms with Crippen LogP contribution in [0.1, 0.15) is 46.9 Å². The van der Waals surface area contributed by atoms with Gasteiger partial charge in [-0.05, 0) is 49.6 Å². The Morgan fingerprint density at radius 3 is 3.00 bits per heavy atom. The topological polar surface area (TPSA) is 71.5 Å². The second-order valence-corrected chi connectivity index (χ2v) is 7.11. The van der Waals surface area contributed by atoms with Crippen molar-refractivity contribution in [3.8, 4) is 0 Å². The van der Waals surface area contributed by atoms with Gasteiger partial charge in [-0.15, -0.1) is 0 Å². The molecular formula is C21H23N3O3. The molecule has 0 saturated carbocycles. The normalized spacial score (nSPS) is 21.4. The van der Waals surface area contributed by atoms with E-state index in [9.17, 15) is 9.59 Å². The highest BCUT2D eigenvalue weighted by atomic mass is 16.5. The zero-order valence-corrected chi connectivity index (χ0v) is 15.4. The number of benzene rings is 1. The Morgan fingerprint density at radius 2 is 2.22 bits per heavy atom. The van der Waals surface area contributed by atoms with Gasteiger partial charge < -0.3 is 10.1 Å². The van der Waals surface area contributed by atoms with Crippen LogP contribution >= 0.6 is 0 Å². The van der Waals surface area contributed by atoms with E-state index >= 15 is 0 Å². The number of hydrogen-bond acceptors (Lipinski definition) is 4. The number of aryl methyl sites for hydroxylation is 1. The van der Waals surface area contributed by atoms with Crippen molar-refractivity contribution in [1.82, 2.24) is 10.3 Å². The molecule has 140 valence electrons. The fourth-order valence-electron chi connectivity index (χ4n) is 3.80. The maximum atomic E-state index is 13.0. The molecule has 3 heterocycles. The van der Waals surface area contributed by atoms with E-state index in [2.05, 4.69) is 10.3 Å². The predicted octanol–water partition coefficient (Wildman–Crippen LogP) is 2.78. The average Bonchev–Trinajstić information content (AvgIpc) is 3.28. The third-order valence-corrected chi connectivity index (χ3v) is 5.12. The molecule has 0 bridgehead atoms. The summed E-state index contributed by atoms with van der Waals surface area (Å²) in [4.78, 5) is 31.7. The summed E-state index contributed by atoms with van der Waals surface area (Å²) in [6.07, 6.45) is 3.95. The van der Waals surface area contributed by atoms with Gasteiger partial charge in [0, 0.05) is 25.0 Å². The van der Waals surface area contributed by atoms with Crippen LogP contribution in [0.15, 0.2) is 42.6 Å². The summed E-state index contributed by atoms with van der Waals surface area (Å²) in [6, 6.07) is 10.9. The van der Waals surface area contributed by atoms with E-state index in [-0.39, 0.29) is 24.3 Å². The smallest absolute Gasteiger partial charge is 0.260 e. The van der Waals surface area contributed by atoms with Gasteiger partial charge in [-0.1, -0.05) is 12.1 Å². The lowest BCUT2D eigenvalue weighted by molar-refractivity contribution is -0.121. The Bertz CT molecular complexity index is 861. The Kier molecular flexibility index (Phi) is 4.90. The number of carbonyl (C=O) groups excluding carboxylic acids is 2. The van der Waals surface area contributed by atoms with E-state index in [0.29, 0.717) is 17.8 Å². The molecule has 0 unspecified atom stereocenters. The fourth-order valence-corrected chi connectivity index (χ4v) is 3.80. The second-order valence-electron chi connectivity index (χ2n) is 7.11. The summed E-state index contributed by atoms with van der Waals surface area (Å²) in [5.74, 6) is -0.208. The molecule has 1 N–H and O–H groups in total. The highest BCUT2D eigenvalue weighted by Crippen LogP contribution is 2.38. The van der Waals surface area contributed by atoms with Crippen LogP contribution in [0.3, 0.4) is 0 Å². The summed E-state index contributed by atoms with van der Waals surface area (Å²) in [5, 5.41) is 2.95. The van der Waals surface area contributed by atoms with Gasteiger partial charge in [-0.2, -0.15) is 0 Å². The quantitative estimate of drug-likeness (QED) is 0.884. The zero-order chi connectivity index (χ0) is 18.8. The first-order chi connectivity index (χ1) is 13.1. The van der Waals surface area contributed by atoms with E-state index in [4.69, 9.17) is 4.74 Å². The van der Waals surface area contributed by atoms with Crippen molar-refractivity contribution in [2.45, 2.75) is 38.3 Å². The van der Waals surface area contributed by atoms with Crippen LogP contribution in [0.2, 0.25) is 0 Å². The Labute approximate surface area is 158 Å². The average molecular weight is 365 g/mol. The van der Waals surface area contributed by atoms with Gasteiger partial charge in [0.1, 0.15) is 0 Å². The molecule has 1 fully saturated rings. The highest BCUT2D eigenvalue weighted by Gasteiger charge is 2.40. The minimum Gasteiger partial charge on any atom is -0.376 e. The number of carbonyl (C=O) groups is 2. The molecule has 2 amide bonds. The van der Waals surface area contributed by atoms with Gasteiger partial charge >= 0.3 is 0 Å². The predicted molar refractivity (Wildman–Crippen MR) is 102 cm³/mol. The second kappa shape index (κ2) is 7.48. The number of fused-ring (bicyclic) bond motifs is 1. The van der Waals surface area contributed by atoms with Crippen molar-refractivity contribution in [1.29, 1.82) is 0 Å². The summed E-state index contributed by atoms with van der Waals surface area (Å²) in [7, 11) is 0. The summed E-state index contributed by atoms with van der Waals surface area (Å²) in [6.45, 7) is 3.26. The molecular weight excluding hydrogens is 342 g/mol. The van der Waals surface area contributed by atoms with Crippen LogP contribution in [0.25, 0.3) is 0 Å². The number of nitrogens with one attached hydrogen (secondary N) is 1. The monoisotopic (exact) mass is 365 g/mol. The van der Waals surface area contributed by atoms with Crippen LogP contribution in [0.4, 0.5) is 5.69 Å². The first kappa shape index (κ1) is 17.7. The molecule has 2 aliphatic rings. The molecule has 1 aromatic carbocycles. The number of hydrogen-bond donors (Lipinski definition) is 1. The van der Waals surface area contributed by atoms with E-state index in [1.54, 1.807) is 23.2 Å². The van der Waals surface area contributed by atoms with Crippen molar-refractivity contribution >= 4 is 17.5 Å². The first-order valence-electron chi connectivity index (χ1n) is 9.37. The van der Waals surface area contributed by atoms with E-state index in [1.807, 2.05) is 31.2 Å². The lowest BCUT2D eigenvalue weighted by Crippen LogP contribution is -2.36. The van der Waals surface area contributed by atoms with Crippen LogP contribution < -0.4 is 10.2 Å². The van der Waals surface area contributed by atoms with E-state index < -0.39 is 6.04 Å². The van der Waals surface area contributed by atoms with Gasteiger partial charge in [-0.25, -0.2) is 0 Å². The van der Waals surface area contributed by atoms with Gasteiger partial charge in [0.15, 0.2) is 0 Å². The van der Waals surface area contributed by atoms with Gasteiger partial charge in [-0.3, -0.25) is 19.5 Å². The summed E-state index contributed by atoms with van der Waals surface area (Å²) < 4.78 is 5.56. The number of aromatic nitrogens is 1. The largest absolute Gasteiger partial charge is 0.376 e. The van der Waals surface area contributed by atoms with Crippen LogP contribution in [-0.2, 0) is 9.53 Å². The number of ether oxygens (including phenoxy) is 1. The molecule has 1 aromatic heterocycles. The molecule has 0 spiro atoms. The molecule has 27 heavy (non-hydrogen) atoms. The lowest BCUT2D eigenvalue weighted by atomic mass is 10.1. The van der Waals surface area contributed by atoms with E-state index in [0.717, 1.165) is 30.7 Å². The molecule has 2 atom stereocenters. The standard InChI is InChI=1S/C21H23N3O3/c1-14-5-2-6-15(11-14)24-18(20-17(21(24)26)8-3-9-22-20)12-19(25)23-13-16-7-4-10-27-16/h2-3,5-6,8-9,11,16,18H,4,7,10,12-13H2,1H3,(H,23,25)/t16-,18-/m0/s1. The molecule has 6 heteroatoms. The van der Waals surface area contributed by atoms with Crippen molar-refractivity contribution < 1.29 is 14.3 Å². The number of anilines is 1. The molecule has 0 aliphatic carbocycles. The lowest BCUT2D eigenvalue weighted by Gasteiger charge is -2.25. The van der Waals surface area contributed by atoms with Crippen LogP contribution in [0, 0.1) is 6.92 Å². The molecule has 6 nitrogen and oxygen atoms in total. The maximum Gasteiger partial charge on any atom is 0.260 e. The van der Waals surface area contributed by atoms with Crippen molar-refractivity contribution in [3.63, 3.8) is 0 Å². The minimum absolute atomic E-state index is 0.0949. The fraction of sp³-hybridized carbons (Fsp3) is 0.381. The van der Waals surface area contributed by atoms with Crippen LogP contribution in [-0.4, -0.2) is 36.1 Å². The van der Waals surface area contributed by atoms with Gasteiger partial charge in [0.2, 0.25) is 5.91 Å². The SMILES string of the molecule is Cc1cccc(N2C(=O)c3cccnc3[C@@H]2CC(=O)NC[C@@H]2CCCO2)c1. The van der Waals surface area contributed by atoms with Crippen molar-refractivity contribution in [2.75, 3.05) is 18.1 Å². The zero-order valence-electron chi connectivity index (χ0n) is 15.4. The molecule has 0 radical (unpaired) electrons. The number of pyridine rings is 1. The Balaban J connectivity index is 1.56. The number of rotatable bonds is 5. The third-order valence-electron chi connectivity index (χ3n) is 5.12. The molecule has 2 aliphatic heterocycles. The molecule has 4 rings (SSSR count). The Hall–Kier alpha value is -2.73. The molecule has 1 saturated heterocycles. The van der Waals surface area contributed by atoms with Crippen molar-refractivity contribution in [3.05, 3.63) is 59.4 Å². The molecule has 2 aromatic rings. The van der Waals surface area contributed by atoms with Gasteiger partial charge in [0.25, 0.3) is 5.91 Å². The van der Waals surface area contributed by atoms with Gasteiger partial charge in [0.05, 0.1) is 29.8 Å². The summed E-state index contributed by atoms with van der Waals surface area (Å²) in [5.41, 5.74) is 3.08. The minimum atomic E-state index is -0.403. The Morgan fingerprint density at radius 1 is 1.33 bits per heavy atom. The summed E-state index contributed by atoms with van der Waals surface area (Å²) >= 11 is 0. The number of nitrogens with zero attached hydrogens (tertiary/aromatic N) is 2. The maximum absolute atomic E-state index is 13.0. The van der Waals surface area contributed by atoms with Crippen molar-refractivity contribution in [2.24, 2.45) is 0 Å². The third kappa shape index (κ3) is 3.57. The highest BCUT2D eigenvalue weighted by molar-refractivity contribution is 6.11.